The maximum absolute atomic E-state index is 11.8. The van der Waals surface area contributed by atoms with Gasteiger partial charge in [-0.05, 0) is 12.5 Å². The summed E-state index contributed by atoms with van der Waals surface area (Å²) in [7, 11) is -3.31. The van der Waals surface area contributed by atoms with Crippen molar-refractivity contribution >= 4 is 43.3 Å². The van der Waals surface area contributed by atoms with Gasteiger partial charge in [-0.1, -0.05) is 57.9 Å². The van der Waals surface area contributed by atoms with Gasteiger partial charge in [-0.15, -0.1) is 0 Å². The topological polar surface area (TPSA) is 60.4 Å². The van der Waals surface area contributed by atoms with E-state index in [2.05, 4.69) is 15.9 Å². The van der Waals surface area contributed by atoms with Crippen molar-refractivity contribution in [3.63, 3.8) is 0 Å². The van der Waals surface area contributed by atoms with Crippen LogP contribution in [0.15, 0.2) is 30.3 Å². The Kier molecular flexibility index (Phi) is 5.82. The van der Waals surface area contributed by atoms with E-state index in [-0.39, 0.29) is 18.1 Å². The first-order valence-electron chi connectivity index (χ1n) is 5.50. The second kappa shape index (κ2) is 6.72. The van der Waals surface area contributed by atoms with Crippen LogP contribution in [0.2, 0.25) is 0 Å². The van der Waals surface area contributed by atoms with Crippen LogP contribution in [-0.4, -0.2) is 30.5 Å². The fraction of sp³-hybridized carbons (Fsp3) is 0.417. The molecule has 0 N–H and O–H groups in total. The Bertz CT molecular complexity index is 522. The molecule has 0 heterocycles. The van der Waals surface area contributed by atoms with Gasteiger partial charge in [0.05, 0.1) is 11.5 Å². The average molecular weight is 370 g/mol. The first kappa shape index (κ1) is 16.5. The summed E-state index contributed by atoms with van der Waals surface area (Å²) in [5, 5.41) is 0. The molecule has 1 unspecified atom stereocenters. The number of benzene rings is 1. The third-order valence-corrected chi connectivity index (χ3v) is 4.26. The lowest BCUT2D eigenvalue weighted by Gasteiger charge is -2.12. The number of carbonyl (C=O) groups is 1. The Morgan fingerprint density at radius 2 is 1.95 bits per heavy atom. The van der Waals surface area contributed by atoms with Crippen LogP contribution in [0.3, 0.4) is 0 Å². The van der Waals surface area contributed by atoms with Gasteiger partial charge in [-0.25, -0.2) is 13.2 Å². The van der Waals surface area contributed by atoms with Crippen molar-refractivity contribution in [3.8, 4) is 0 Å². The van der Waals surface area contributed by atoms with Crippen molar-refractivity contribution < 1.29 is 17.9 Å². The van der Waals surface area contributed by atoms with Crippen molar-refractivity contribution in [1.82, 2.24) is 0 Å². The van der Waals surface area contributed by atoms with Gasteiger partial charge in [-0.3, -0.25) is 0 Å². The molecule has 1 aromatic carbocycles. The zero-order valence-electron chi connectivity index (χ0n) is 10.3. The normalized spacial score (nSPS) is 14.7. The number of ether oxygens (including phenoxy) is 1. The molecule has 1 atom stereocenters. The molecule has 0 aliphatic rings. The van der Waals surface area contributed by atoms with E-state index in [9.17, 15) is 13.2 Å². The van der Waals surface area contributed by atoms with Gasteiger partial charge in [0.2, 0.25) is 0 Å². The molecular weight excluding hydrogens is 356 g/mol. The third kappa shape index (κ3) is 6.40. The van der Waals surface area contributed by atoms with E-state index in [4.69, 9.17) is 16.3 Å². The SMILES string of the molecule is CC(Cl)(Br)C(=O)OCCS(=O)(=O)Cc1ccccc1. The molecule has 0 saturated carbocycles. The number of carbonyl (C=O) groups excluding carboxylic acids is 1. The van der Waals surface area contributed by atoms with Crippen LogP contribution in [0.25, 0.3) is 0 Å². The molecule has 0 spiro atoms. The number of hydrogen-bond donors (Lipinski definition) is 0. The van der Waals surface area contributed by atoms with Crippen molar-refractivity contribution in [2.45, 2.75) is 16.5 Å². The Hall–Kier alpha value is -0.590. The summed E-state index contributed by atoms with van der Waals surface area (Å²) in [6.45, 7) is 1.21. The Morgan fingerprint density at radius 3 is 2.47 bits per heavy atom. The number of halogens is 2. The van der Waals surface area contributed by atoms with Gasteiger partial charge in [0.15, 0.2) is 13.6 Å². The summed E-state index contributed by atoms with van der Waals surface area (Å²) < 4.78 is 27.1. The molecule has 7 heteroatoms. The lowest BCUT2D eigenvalue weighted by molar-refractivity contribution is -0.142. The molecule has 1 aromatic rings. The number of esters is 1. The lowest BCUT2D eigenvalue weighted by atomic mass is 10.2. The molecule has 1 rings (SSSR count). The molecule has 0 saturated heterocycles. The molecule has 0 aliphatic heterocycles. The summed E-state index contributed by atoms with van der Waals surface area (Å²) in [6, 6.07) is 8.83. The minimum absolute atomic E-state index is 0.0716. The molecule has 4 nitrogen and oxygen atoms in total. The van der Waals surface area contributed by atoms with E-state index in [0.717, 1.165) is 0 Å². The lowest BCUT2D eigenvalue weighted by Crippen LogP contribution is -2.26. The summed E-state index contributed by atoms with van der Waals surface area (Å²) >= 11 is 8.58. The van der Waals surface area contributed by atoms with Gasteiger partial charge in [0.25, 0.3) is 0 Å². The third-order valence-electron chi connectivity index (χ3n) is 2.22. The summed E-state index contributed by atoms with van der Waals surface area (Å²) in [4.78, 5) is 11.3. The zero-order valence-corrected chi connectivity index (χ0v) is 13.5. The summed E-state index contributed by atoms with van der Waals surface area (Å²) in [6.07, 6.45) is 0. The van der Waals surface area contributed by atoms with E-state index in [0.29, 0.717) is 5.56 Å². The zero-order chi connectivity index (χ0) is 14.5. The molecule has 19 heavy (non-hydrogen) atoms. The van der Waals surface area contributed by atoms with Crippen molar-refractivity contribution in [1.29, 1.82) is 0 Å². The van der Waals surface area contributed by atoms with E-state index in [1.807, 2.05) is 6.07 Å². The molecular formula is C12H14BrClO4S. The van der Waals surface area contributed by atoms with E-state index in [1.54, 1.807) is 24.3 Å². The smallest absolute Gasteiger partial charge is 0.337 e. The van der Waals surface area contributed by atoms with Gasteiger partial charge in [0, 0.05) is 0 Å². The molecule has 0 fully saturated rings. The maximum atomic E-state index is 11.8. The minimum atomic E-state index is -3.31. The second-order valence-electron chi connectivity index (χ2n) is 4.10. The van der Waals surface area contributed by atoms with Crippen LogP contribution >= 0.6 is 27.5 Å². The maximum Gasteiger partial charge on any atom is 0.337 e. The first-order valence-corrected chi connectivity index (χ1v) is 8.49. The van der Waals surface area contributed by atoms with Crippen LogP contribution in [0.5, 0.6) is 0 Å². The highest BCUT2D eigenvalue weighted by Crippen LogP contribution is 2.23. The molecule has 0 aromatic heterocycles. The first-order chi connectivity index (χ1) is 8.71. The highest BCUT2D eigenvalue weighted by molar-refractivity contribution is 9.10. The predicted molar refractivity (Wildman–Crippen MR) is 78.1 cm³/mol. The van der Waals surface area contributed by atoms with Gasteiger partial charge >= 0.3 is 5.97 Å². The largest absolute Gasteiger partial charge is 0.463 e. The van der Waals surface area contributed by atoms with Crippen LogP contribution in [0, 0.1) is 0 Å². The molecule has 0 aliphatic carbocycles. The molecule has 0 radical (unpaired) electrons. The van der Waals surface area contributed by atoms with Crippen molar-refractivity contribution in [2.24, 2.45) is 0 Å². The van der Waals surface area contributed by atoms with E-state index < -0.39 is 19.6 Å². The number of rotatable bonds is 6. The summed E-state index contributed by atoms with van der Waals surface area (Å²) in [5.41, 5.74) is 0.705. The molecule has 0 amide bonds. The van der Waals surface area contributed by atoms with Crippen LogP contribution in [0.4, 0.5) is 0 Å². The highest BCUT2D eigenvalue weighted by Gasteiger charge is 2.28. The van der Waals surface area contributed by atoms with E-state index in [1.165, 1.54) is 6.92 Å². The number of hydrogen-bond acceptors (Lipinski definition) is 4. The Balaban J connectivity index is 2.47. The van der Waals surface area contributed by atoms with Crippen molar-refractivity contribution in [2.75, 3.05) is 12.4 Å². The fourth-order valence-corrected chi connectivity index (χ4v) is 2.64. The fourth-order valence-electron chi connectivity index (χ4n) is 1.29. The summed E-state index contributed by atoms with van der Waals surface area (Å²) in [5.74, 6) is -1.00. The Labute approximate surface area is 126 Å². The average Bonchev–Trinajstić information content (AvgIpc) is 2.28. The number of alkyl halides is 2. The van der Waals surface area contributed by atoms with Gasteiger partial charge in [-0.2, -0.15) is 0 Å². The van der Waals surface area contributed by atoms with Crippen LogP contribution < -0.4 is 0 Å². The Morgan fingerprint density at radius 1 is 1.37 bits per heavy atom. The van der Waals surface area contributed by atoms with Crippen LogP contribution in [-0.2, 0) is 25.1 Å². The number of sulfone groups is 1. The van der Waals surface area contributed by atoms with Crippen LogP contribution in [0.1, 0.15) is 12.5 Å². The highest BCUT2D eigenvalue weighted by atomic mass is 79.9. The van der Waals surface area contributed by atoms with Gasteiger partial charge in [0.1, 0.15) is 6.61 Å². The monoisotopic (exact) mass is 368 g/mol. The standard InChI is InChI=1S/C12H14BrClO4S/c1-12(13,14)11(15)18-7-8-19(16,17)9-10-5-3-2-4-6-10/h2-6H,7-9H2,1H3. The quantitative estimate of drug-likeness (QED) is 0.571. The van der Waals surface area contributed by atoms with Gasteiger partial charge < -0.3 is 4.74 Å². The predicted octanol–water partition coefficient (Wildman–Crippen LogP) is 2.49. The molecule has 106 valence electrons. The minimum Gasteiger partial charge on any atom is -0.463 e. The second-order valence-corrected chi connectivity index (χ2v) is 9.08. The van der Waals surface area contributed by atoms with E-state index >= 15 is 0 Å². The van der Waals surface area contributed by atoms with Crippen molar-refractivity contribution in [3.05, 3.63) is 35.9 Å². The molecule has 0 bridgehead atoms.